The van der Waals surface area contributed by atoms with E-state index in [2.05, 4.69) is 82.7 Å². The second-order valence-corrected chi connectivity index (χ2v) is 8.86. The van der Waals surface area contributed by atoms with Crippen molar-refractivity contribution < 1.29 is 0 Å². The summed E-state index contributed by atoms with van der Waals surface area (Å²) in [5, 5.41) is 4.33. The average molecular weight is 435 g/mol. The zero-order chi connectivity index (χ0) is 22.1. The van der Waals surface area contributed by atoms with Crippen LogP contribution in [0.3, 0.4) is 0 Å². The molecule has 0 spiro atoms. The summed E-state index contributed by atoms with van der Waals surface area (Å²) in [6, 6.07) is 12.5. The fourth-order valence-corrected chi connectivity index (χ4v) is 4.71. The summed E-state index contributed by atoms with van der Waals surface area (Å²) >= 11 is 5.79. The summed E-state index contributed by atoms with van der Waals surface area (Å²) in [5.74, 6) is 0.948. The van der Waals surface area contributed by atoms with E-state index < -0.39 is 0 Å². The molecule has 4 rings (SSSR count). The monoisotopic (exact) mass is 434 g/mol. The molecule has 0 aliphatic carbocycles. The summed E-state index contributed by atoms with van der Waals surface area (Å²) in [6.45, 7) is 8.18. The molecule has 3 aromatic rings. The van der Waals surface area contributed by atoms with E-state index >= 15 is 0 Å². The maximum atomic E-state index is 5.79. The molecular weight excluding hydrogens is 404 g/mol. The maximum Gasteiger partial charge on any atom is 0.170 e. The maximum absolute atomic E-state index is 5.79. The second kappa shape index (κ2) is 8.77. The third-order valence-electron chi connectivity index (χ3n) is 5.90. The molecule has 0 saturated carbocycles. The molecule has 3 aromatic heterocycles. The van der Waals surface area contributed by atoms with Crippen LogP contribution in [0.2, 0.25) is 0 Å². The molecule has 0 aromatic carbocycles. The summed E-state index contributed by atoms with van der Waals surface area (Å²) in [6.07, 6.45) is 3.72. The van der Waals surface area contributed by atoms with Gasteiger partial charge in [-0.2, -0.15) is 0 Å². The van der Waals surface area contributed by atoms with E-state index in [0.717, 1.165) is 35.4 Å². The predicted octanol–water partition coefficient (Wildman–Crippen LogP) is 3.73. The lowest BCUT2D eigenvalue weighted by Crippen LogP contribution is -2.35. The molecule has 1 N–H and O–H groups in total. The van der Waals surface area contributed by atoms with E-state index in [9.17, 15) is 0 Å². The molecule has 162 valence electrons. The molecular formula is C24H30N6S. The Morgan fingerprint density at radius 2 is 1.87 bits per heavy atom. The van der Waals surface area contributed by atoms with Gasteiger partial charge in [-0.25, -0.2) is 4.98 Å². The number of likely N-dealkylation sites (N-methyl/N-ethyl adjacent to an activating group) is 1. The third-order valence-corrected chi connectivity index (χ3v) is 6.26. The molecule has 6 nitrogen and oxygen atoms in total. The van der Waals surface area contributed by atoms with Gasteiger partial charge in [0.1, 0.15) is 5.82 Å². The summed E-state index contributed by atoms with van der Waals surface area (Å²) in [5.41, 5.74) is 5.80. The van der Waals surface area contributed by atoms with Crippen LogP contribution < -0.4 is 5.32 Å². The van der Waals surface area contributed by atoms with E-state index in [0.29, 0.717) is 0 Å². The van der Waals surface area contributed by atoms with Gasteiger partial charge in [0.25, 0.3) is 0 Å². The summed E-state index contributed by atoms with van der Waals surface area (Å²) < 4.78 is 2.24. The minimum atomic E-state index is -0.00437. The first-order chi connectivity index (χ1) is 14.9. The van der Waals surface area contributed by atoms with Gasteiger partial charge in [-0.05, 0) is 88.5 Å². The van der Waals surface area contributed by atoms with Gasteiger partial charge in [0.2, 0.25) is 0 Å². The van der Waals surface area contributed by atoms with Gasteiger partial charge in [0.15, 0.2) is 5.11 Å². The first-order valence-corrected chi connectivity index (χ1v) is 11.0. The highest BCUT2D eigenvalue weighted by Crippen LogP contribution is 2.41. The molecule has 2 atom stereocenters. The molecule has 1 aliphatic heterocycles. The van der Waals surface area contributed by atoms with Crippen LogP contribution in [0.15, 0.2) is 48.8 Å². The van der Waals surface area contributed by atoms with Crippen LogP contribution in [0.25, 0.3) is 5.82 Å². The van der Waals surface area contributed by atoms with Crippen molar-refractivity contribution in [1.82, 2.24) is 29.7 Å². The number of aryl methyl sites for hydroxylation is 2. The average Bonchev–Trinajstić information content (AvgIpc) is 3.22. The van der Waals surface area contributed by atoms with Crippen LogP contribution >= 0.6 is 12.2 Å². The van der Waals surface area contributed by atoms with Crippen molar-refractivity contribution in [2.24, 2.45) is 0 Å². The van der Waals surface area contributed by atoms with Gasteiger partial charge < -0.3 is 19.7 Å². The van der Waals surface area contributed by atoms with E-state index in [1.807, 2.05) is 30.6 Å². The first-order valence-electron chi connectivity index (χ1n) is 10.6. The van der Waals surface area contributed by atoms with Gasteiger partial charge in [-0.1, -0.05) is 6.07 Å². The Kier molecular flexibility index (Phi) is 6.07. The van der Waals surface area contributed by atoms with Crippen molar-refractivity contribution in [3.8, 4) is 5.82 Å². The Labute approximate surface area is 189 Å². The Balaban J connectivity index is 1.81. The van der Waals surface area contributed by atoms with Gasteiger partial charge in [-0.15, -0.1) is 0 Å². The standard InChI is InChI=1S/C24H30N6S/c1-16-9-11-26-21(14-16)30-17(2)15-19(18(30)3)23-22(20-8-6-7-10-25-20)27-24(31)29(23)13-12-28(4)5/h6-11,14-15,22-23H,12-13H2,1-5H3,(H,27,31)/t22-,23-/m1/s1. The van der Waals surface area contributed by atoms with Gasteiger partial charge in [-0.3, -0.25) is 4.98 Å². The van der Waals surface area contributed by atoms with E-state index in [4.69, 9.17) is 12.2 Å². The zero-order valence-electron chi connectivity index (χ0n) is 18.8. The van der Waals surface area contributed by atoms with Crippen molar-refractivity contribution in [3.63, 3.8) is 0 Å². The molecule has 0 unspecified atom stereocenters. The zero-order valence-corrected chi connectivity index (χ0v) is 19.6. The van der Waals surface area contributed by atoms with Crippen LogP contribution in [-0.2, 0) is 0 Å². The van der Waals surface area contributed by atoms with Gasteiger partial charge in [0.05, 0.1) is 17.8 Å². The Morgan fingerprint density at radius 3 is 2.55 bits per heavy atom. The lowest BCUT2D eigenvalue weighted by atomic mass is 9.97. The van der Waals surface area contributed by atoms with Crippen molar-refractivity contribution in [2.45, 2.75) is 32.9 Å². The number of nitrogens with one attached hydrogen (secondary N) is 1. The molecule has 4 heterocycles. The molecule has 31 heavy (non-hydrogen) atoms. The van der Waals surface area contributed by atoms with E-state index in [1.54, 1.807) is 0 Å². The fraction of sp³-hybridized carbons (Fsp3) is 0.375. The SMILES string of the molecule is Cc1ccnc(-n2c(C)cc([C@@H]3[C@@H](c4ccccn4)NC(=S)N3CCN(C)C)c2C)c1. The van der Waals surface area contributed by atoms with Crippen molar-refractivity contribution in [3.05, 3.63) is 77.0 Å². The number of hydrogen-bond acceptors (Lipinski definition) is 4. The Bertz CT molecular complexity index is 1070. The minimum absolute atomic E-state index is 0.00437. The number of rotatable bonds is 6. The second-order valence-electron chi connectivity index (χ2n) is 8.48. The van der Waals surface area contributed by atoms with Crippen molar-refractivity contribution in [2.75, 3.05) is 27.2 Å². The highest BCUT2D eigenvalue weighted by molar-refractivity contribution is 7.80. The van der Waals surface area contributed by atoms with Gasteiger partial charge in [0, 0.05) is 36.9 Å². The largest absolute Gasteiger partial charge is 0.352 e. The van der Waals surface area contributed by atoms with Crippen LogP contribution in [0, 0.1) is 20.8 Å². The van der Waals surface area contributed by atoms with Crippen LogP contribution in [0.1, 0.15) is 40.3 Å². The molecule has 0 bridgehead atoms. The fourth-order valence-electron chi connectivity index (χ4n) is 4.37. The number of aromatic nitrogens is 3. The molecule has 1 saturated heterocycles. The van der Waals surface area contributed by atoms with Gasteiger partial charge >= 0.3 is 0 Å². The highest BCUT2D eigenvalue weighted by atomic mass is 32.1. The van der Waals surface area contributed by atoms with Crippen molar-refractivity contribution >= 4 is 17.3 Å². The third kappa shape index (κ3) is 4.20. The first kappa shape index (κ1) is 21.5. The molecule has 1 fully saturated rings. The highest BCUT2D eigenvalue weighted by Gasteiger charge is 2.41. The number of thiocarbonyl (C=S) groups is 1. The predicted molar refractivity (Wildman–Crippen MR) is 128 cm³/mol. The summed E-state index contributed by atoms with van der Waals surface area (Å²) in [4.78, 5) is 13.8. The Morgan fingerprint density at radius 1 is 1.06 bits per heavy atom. The topological polar surface area (TPSA) is 49.2 Å². The molecule has 7 heteroatoms. The Hall–Kier alpha value is -2.77. The van der Waals surface area contributed by atoms with Crippen molar-refractivity contribution in [1.29, 1.82) is 0 Å². The van der Waals surface area contributed by atoms with E-state index in [1.165, 1.54) is 16.8 Å². The smallest absolute Gasteiger partial charge is 0.170 e. The van der Waals surface area contributed by atoms with E-state index in [-0.39, 0.29) is 12.1 Å². The summed E-state index contributed by atoms with van der Waals surface area (Å²) in [7, 11) is 4.18. The molecule has 0 amide bonds. The minimum Gasteiger partial charge on any atom is -0.352 e. The number of nitrogens with zero attached hydrogens (tertiary/aromatic N) is 5. The number of pyridine rings is 2. The normalized spacial score (nSPS) is 18.6. The van der Waals surface area contributed by atoms with Crippen LogP contribution in [0.5, 0.6) is 0 Å². The lowest BCUT2D eigenvalue weighted by molar-refractivity contribution is 0.277. The molecule has 0 radical (unpaired) electrons. The van der Waals surface area contributed by atoms with Crippen LogP contribution in [0.4, 0.5) is 0 Å². The quantitative estimate of drug-likeness (QED) is 0.597. The lowest BCUT2D eigenvalue weighted by Gasteiger charge is -2.29. The molecule has 1 aliphatic rings. The number of hydrogen-bond donors (Lipinski definition) is 1. The van der Waals surface area contributed by atoms with Crippen LogP contribution in [-0.4, -0.2) is 56.6 Å².